The first kappa shape index (κ1) is 32.2. The molecule has 1 N–H and O–H groups in total. The third kappa shape index (κ3) is 5.34. The Morgan fingerprint density at radius 2 is 2.00 bits per heavy atom. The fourth-order valence-corrected chi connectivity index (χ4v) is 8.44. The van der Waals surface area contributed by atoms with Gasteiger partial charge >= 0.3 is 6.01 Å². The third-order valence-electron chi connectivity index (χ3n) is 11.1. The molecule has 50 heavy (non-hydrogen) atoms. The molecule has 2 aromatic heterocycles. The normalized spacial score (nSPS) is 23.4. The van der Waals surface area contributed by atoms with Crippen LogP contribution in [0.4, 0.5) is 14.6 Å². The molecule has 1 spiro atoms. The number of aromatic nitrogens is 3. The topological polar surface area (TPSA) is 119 Å². The highest BCUT2D eigenvalue weighted by molar-refractivity contribution is 6.03. The number of phenolic OH excluding ortho intramolecular Hbond substituents is 1. The maximum absolute atomic E-state index is 17.0. The zero-order valence-electron chi connectivity index (χ0n) is 28.0. The van der Waals surface area contributed by atoms with Crippen molar-refractivity contribution in [1.29, 1.82) is 5.26 Å². The number of terminal acetylenes is 1. The van der Waals surface area contributed by atoms with Gasteiger partial charge in [0.2, 0.25) is 5.91 Å². The maximum atomic E-state index is 17.0. The summed E-state index contributed by atoms with van der Waals surface area (Å²) in [5.41, 5.74) is -0.222. The minimum atomic E-state index is -0.774. The minimum absolute atomic E-state index is 0.0153. The Hall–Kier alpha value is -5.07. The van der Waals surface area contributed by atoms with Crippen molar-refractivity contribution in [2.24, 2.45) is 17.3 Å². The molecule has 4 aliphatic rings. The summed E-state index contributed by atoms with van der Waals surface area (Å²) in [7, 11) is 2.05. The quantitative estimate of drug-likeness (QED) is 0.273. The molecule has 0 unspecified atom stereocenters. The monoisotopic (exact) mass is 677 g/mol. The lowest BCUT2D eigenvalue weighted by atomic mass is 9.73. The largest absolute Gasteiger partial charge is 0.508 e. The Kier molecular flexibility index (Phi) is 7.76. The molecular formula is C38H37F2N7O3. The van der Waals surface area contributed by atoms with E-state index in [1.165, 1.54) is 30.5 Å². The predicted octanol–water partition coefficient (Wildman–Crippen LogP) is 5.26. The minimum Gasteiger partial charge on any atom is -0.508 e. The van der Waals surface area contributed by atoms with E-state index in [9.17, 15) is 19.6 Å². The number of rotatable bonds is 6. The number of amides is 1. The van der Waals surface area contributed by atoms with Crippen molar-refractivity contribution in [3.8, 4) is 41.4 Å². The van der Waals surface area contributed by atoms with Crippen LogP contribution in [0.2, 0.25) is 0 Å². The van der Waals surface area contributed by atoms with Gasteiger partial charge in [-0.2, -0.15) is 15.2 Å². The van der Waals surface area contributed by atoms with Crippen LogP contribution in [0.15, 0.2) is 30.5 Å². The third-order valence-corrected chi connectivity index (χ3v) is 11.1. The number of benzene rings is 2. The highest BCUT2D eigenvalue weighted by Crippen LogP contribution is 2.46. The summed E-state index contributed by atoms with van der Waals surface area (Å²) in [5.74, 6) is 0.984. The van der Waals surface area contributed by atoms with E-state index in [4.69, 9.17) is 16.1 Å². The number of ether oxygens (including phenoxy) is 1. The van der Waals surface area contributed by atoms with E-state index >= 15 is 4.39 Å². The number of nitrogens with zero attached hydrogens (tertiary/aromatic N) is 7. The Bertz CT molecular complexity index is 2140. The van der Waals surface area contributed by atoms with Gasteiger partial charge in [0.1, 0.15) is 34.7 Å². The summed E-state index contributed by atoms with van der Waals surface area (Å²) in [5, 5.41) is 20.9. The summed E-state index contributed by atoms with van der Waals surface area (Å²) >= 11 is 0. The molecule has 0 bridgehead atoms. The summed E-state index contributed by atoms with van der Waals surface area (Å²) in [6, 6.07) is 7.86. The Morgan fingerprint density at radius 3 is 2.72 bits per heavy atom. The molecule has 1 saturated carbocycles. The highest BCUT2D eigenvalue weighted by Gasteiger charge is 2.53. The molecule has 256 valence electrons. The number of likely N-dealkylation sites (N-methyl/N-ethyl adjacent to an activating group) is 1. The molecule has 4 atom stereocenters. The number of anilines is 1. The van der Waals surface area contributed by atoms with Crippen LogP contribution in [0, 0.1) is 52.6 Å². The van der Waals surface area contributed by atoms with Crippen molar-refractivity contribution in [2.75, 3.05) is 44.7 Å². The van der Waals surface area contributed by atoms with E-state index in [-0.39, 0.29) is 74.8 Å². The smallest absolute Gasteiger partial charge is 0.319 e. The van der Waals surface area contributed by atoms with Gasteiger partial charge in [-0.3, -0.25) is 14.7 Å². The Labute approximate surface area is 288 Å². The lowest BCUT2D eigenvalue weighted by Gasteiger charge is -2.55. The lowest BCUT2D eigenvalue weighted by Crippen LogP contribution is -2.64. The number of pyridine rings is 1. The second-order valence-corrected chi connectivity index (χ2v) is 14.5. The number of fused-ring (bicyclic) bond motifs is 2. The van der Waals surface area contributed by atoms with Gasteiger partial charge in [0.05, 0.1) is 28.9 Å². The number of nitriles is 1. The van der Waals surface area contributed by atoms with E-state index in [2.05, 4.69) is 38.8 Å². The summed E-state index contributed by atoms with van der Waals surface area (Å²) in [6.07, 6.45) is 11.4. The van der Waals surface area contributed by atoms with E-state index < -0.39 is 11.6 Å². The molecule has 0 radical (unpaired) electrons. The maximum Gasteiger partial charge on any atom is 0.319 e. The van der Waals surface area contributed by atoms with Crippen molar-refractivity contribution >= 4 is 33.4 Å². The van der Waals surface area contributed by atoms with Gasteiger partial charge < -0.3 is 19.6 Å². The molecule has 5 heterocycles. The van der Waals surface area contributed by atoms with Crippen LogP contribution in [-0.2, 0) is 4.79 Å². The molecule has 3 saturated heterocycles. The number of piperidine rings is 1. The van der Waals surface area contributed by atoms with Gasteiger partial charge in [-0.15, -0.1) is 6.42 Å². The number of hydrogen-bond acceptors (Lipinski definition) is 9. The number of likely N-dealkylation sites (tertiary alicyclic amines) is 2. The molecule has 1 aliphatic carbocycles. The van der Waals surface area contributed by atoms with Crippen molar-refractivity contribution < 1.29 is 23.4 Å². The van der Waals surface area contributed by atoms with Gasteiger partial charge in [-0.1, -0.05) is 12.0 Å². The Balaban J connectivity index is 1.20. The van der Waals surface area contributed by atoms with Gasteiger partial charge in [0.25, 0.3) is 0 Å². The average Bonchev–Trinajstić information content (AvgIpc) is 3.77. The highest BCUT2D eigenvalue weighted by atomic mass is 19.1. The number of carbonyl (C=O) groups excluding carboxylic acids is 1. The van der Waals surface area contributed by atoms with E-state index in [1.54, 1.807) is 0 Å². The van der Waals surface area contributed by atoms with Gasteiger partial charge in [0, 0.05) is 54.8 Å². The van der Waals surface area contributed by atoms with Crippen molar-refractivity contribution in [3.63, 3.8) is 0 Å². The molecule has 12 heteroatoms. The molecule has 8 rings (SSSR count). The van der Waals surface area contributed by atoms with Crippen molar-refractivity contribution in [2.45, 2.75) is 51.2 Å². The van der Waals surface area contributed by atoms with E-state index in [0.29, 0.717) is 49.2 Å². The lowest BCUT2D eigenvalue weighted by molar-refractivity contribution is -0.145. The average molecular weight is 678 g/mol. The molecular weight excluding hydrogens is 640 g/mol. The number of hydrogen-bond donors (Lipinski definition) is 1. The first-order chi connectivity index (χ1) is 24.1. The summed E-state index contributed by atoms with van der Waals surface area (Å²) < 4.78 is 38.2. The second kappa shape index (κ2) is 12.1. The van der Waals surface area contributed by atoms with Crippen LogP contribution >= 0.6 is 0 Å². The van der Waals surface area contributed by atoms with Crippen LogP contribution in [0.25, 0.3) is 32.9 Å². The number of aromatic hydroxyl groups is 1. The number of phenols is 1. The van der Waals surface area contributed by atoms with Gasteiger partial charge in [-0.25, -0.2) is 8.78 Å². The predicted molar refractivity (Wildman–Crippen MR) is 183 cm³/mol. The molecule has 1 amide bonds. The standard InChI is InChI=1S/C38H37F2N7O3/c1-4-25-29(39)9-8-22-13-24(48)15-27(31(22)25)33-32(40)34-28(17-42-33)35(44-37(43-34)50-21(2)30-7-5-11-45(30)3)46-12-6-10-38(18-46)19-47(20-38)36(49)26-14-23(26)16-41/h1,8-9,13,15,17,21,23,26,30,48H,5-7,10-12,14,18-20H2,2-3H3/t21-,23-,26+,30-/m0/s1. The SMILES string of the molecule is C#Cc1c(F)ccc2cc(O)cc(-c3ncc4c(N5CCCC6(CN(C(=O)[C@@H]7C[C@H]7C#N)C6)C5)nc(O[C@@H](C)[C@@H]5CCCN5C)nc4c3F)c12. The van der Waals surface area contributed by atoms with Gasteiger partial charge in [-0.05, 0) is 76.2 Å². The Morgan fingerprint density at radius 1 is 1.18 bits per heavy atom. The van der Waals surface area contributed by atoms with Crippen LogP contribution in [0.5, 0.6) is 11.8 Å². The molecule has 10 nitrogen and oxygen atoms in total. The van der Waals surface area contributed by atoms with Crippen LogP contribution in [0.3, 0.4) is 0 Å². The zero-order chi connectivity index (χ0) is 34.9. The second-order valence-electron chi connectivity index (χ2n) is 14.5. The molecule has 3 aliphatic heterocycles. The van der Waals surface area contributed by atoms with Crippen molar-refractivity contribution in [1.82, 2.24) is 24.8 Å². The fraction of sp³-hybridized carbons (Fsp3) is 0.447. The molecule has 4 aromatic rings. The zero-order valence-corrected chi connectivity index (χ0v) is 28.0. The number of halogens is 2. The molecule has 4 fully saturated rings. The van der Waals surface area contributed by atoms with Crippen LogP contribution in [-0.4, -0.2) is 87.7 Å². The number of carbonyl (C=O) groups is 1. The van der Waals surface area contributed by atoms with Crippen LogP contribution < -0.4 is 9.64 Å². The van der Waals surface area contributed by atoms with Crippen molar-refractivity contribution in [3.05, 3.63) is 47.7 Å². The van der Waals surface area contributed by atoms with Crippen LogP contribution in [0.1, 0.15) is 44.6 Å². The van der Waals surface area contributed by atoms with E-state index in [0.717, 1.165) is 32.2 Å². The van der Waals surface area contributed by atoms with E-state index in [1.807, 2.05) is 11.8 Å². The summed E-state index contributed by atoms with van der Waals surface area (Å²) in [4.78, 5) is 33.2. The fourth-order valence-electron chi connectivity index (χ4n) is 8.44. The summed E-state index contributed by atoms with van der Waals surface area (Å²) in [6.45, 7) is 5.38. The molecule has 2 aromatic carbocycles. The first-order valence-corrected chi connectivity index (χ1v) is 17.2. The first-order valence-electron chi connectivity index (χ1n) is 17.2. The van der Waals surface area contributed by atoms with Gasteiger partial charge in [0.15, 0.2) is 5.82 Å².